The van der Waals surface area contributed by atoms with E-state index in [1.807, 2.05) is 30.6 Å². The van der Waals surface area contributed by atoms with Crippen LogP contribution in [0.2, 0.25) is 5.02 Å². The molecule has 1 fully saturated rings. The number of nitrogens with one attached hydrogen (secondary N) is 1. The highest BCUT2D eigenvalue weighted by atomic mass is 35.5. The van der Waals surface area contributed by atoms with Crippen LogP contribution in [-0.2, 0) is 6.54 Å². The van der Waals surface area contributed by atoms with Gasteiger partial charge in [-0.15, -0.1) is 0 Å². The van der Waals surface area contributed by atoms with Gasteiger partial charge in [-0.05, 0) is 29.3 Å². The van der Waals surface area contributed by atoms with Crippen molar-refractivity contribution >= 4 is 11.6 Å². The van der Waals surface area contributed by atoms with E-state index in [-0.39, 0.29) is 0 Å². The monoisotopic (exact) mass is 287 g/mol. The summed E-state index contributed by atoms with van der Waals surface area (Å²) in [6.45, 7) is 3.90. The van der Waals surface area contributed by atoms with E-state index in [4.69, 9.17) is 11.6 Å². The van der Waals surface area contributed by atoms with Gasteiger partial charge in [0.2, 0.25) is 0 Å². The summed E-state index contributed by atoms with van der Waals surface area (Å²) in [5.74, 6) is 0. The Labute approximate surface area is 124 Å². The first-order valence-corrected chi connectivity index (χ1v) is 7.30. The summed E-state index contributed by atoms with van der Waals surface area (Å²) in [5.41, 5.74) is 2.49. The molecule has 1 unspecified atom stereocenters. The SMILES string of the molecule is Clc1ccccc1CN1CCNCC1c1ccncc1. The van der Waals surface area contributed by atoms with Crippen LogP contribution in [0.15, 0.2) is 48.8 Å². The van der Waals surface area contributed by atoms with Crippen molar-refractivity contribution < 1.29 is 0 Å². The lowest BCUT2D eigenvalue weighted by Crippen LogP contribution is -2.45. The van der Waals surface area contributed by atoms with Gasteiger partial charge in [0.25, 0.3) is 0 Å². The predicted octanol–water partition coefficient (Wildman–Crippen LogP) is 2.88. The van der Waals surface area contributed by atoms with Crippen LogP contribution in [0.3, 0.4) is 0 Å². The number of pyridine rings is 1. The van der Waals surface area contributed by atoms with E-state index in [1.54, 1.807) is 0 Å². The van der Waals surface area contributed by atoms with Gasteiger partial charge in [-0.3, -0.25) is 9.88 Å². The zero-order valence-corrected chi connectivity index (χ0v) is 12.1. The number of rotatable bonds is 3. The molecule has 0 bridgehead atoms. The second-order valence-corrected chi connectivity index (χ2v) is 5.47. The summed E-state index contributed by atoms with van der Waals surface area (Å²) >= 11 is 6.28. The van der Waals surface area contributed by atoms with Crippen molar-refractivity contribution in [1.82, 2.24) is 15.2 Å². The van der Waals surface area contributed by atoms with Crippen LogP contribution in [0, 0.1) is 0 Å². The second kappa shape index (κ2) is 6.35. The number of benzene rings is 1. The van der Waals surface area contributed by atoms with Gasteiger partial charge in [0.05, 0.1) is 0 Å². The molecule has 0 spiro atoms. The van der Waals surface area contributed by atoms with E-state index < -0.39 is 0 Å². The van der Waals surface area contributed by atoms with Crippen molar-refractivity contribution in [3.63, 3.8) is 0 Å². The Morgan fingerprint density at radius 3 is 2.80 bits per heavy atom. The van der Waals surface area contributed by atoms with Crippen molar-refractivity contribution in [3.8, 4) is 0 Å². The highest BCUT2D eigenvalue weighted by Gasteiger charge is 2.24. The standard InChI is InChI=1S/C16H18ClN3/c17-15-4-2-1-3-14(15)12-20-10-9-19-11-16(20)13-5-7-18-8-6-13/h1-8,16,19H,9-12H2. The topological polar surface area (TPSA) is 28.2 Å². The number of nitrogens with zero attached hydrogens (tertiary/aromatic N) is 2. The summed E-state index contributed by atoms with van der Waals surface area (Å²) in [6.07, 6.45) is 3.72. The number of piperazine rings is 1. The molecular formula is C16H18ClN3. The maximum Gasteiger partial charge on any atom is 0.0477 e. The lowest BCUT2D eigenvalue weighted by atomic mass is 10.0. The third kappa shape index (κ3) is 3.01. The summed E-state index contributed by atoms with van der Waals surface area (Å²) in [6, 6.07) is 12.7. The predicted molar refractivity (Wildman–Crippen MR) is 81.7 cm³/mol. The molecule has 1 N–H and O–H groups in total. The van der Waals surface area contributed by atoms with Crippen molar-refractivity contribution in [2.75, 3.05) is 19.6 Å². The van der Waals surface area contributed by atoms with Crippen LogP contribution in [-0.4, -0.2) is 29.5 Å². The molecule has 0 amide bonds. The molecule has 20 heavy (non-hydrogen) atoms. The Kier molecular flexibility index (Phi) is 4.31. The lowest BCUT2D eigenvalue weighted by Gasteiger charge is -2.36. The fourth-order valence-electron chi connectivity index (χ4n) is 2.70. The van der Waals surface area contributed by atoms with Gasteiger partial charge in [-0.2, -0.15) is 0 Å². The molecule has 0 saturated carbocycles. The van der Waals surface area contributed by atoms with Gasteiger partial charge >= 0.3 is 0 Å². The minimum absolute atomic E-state index is 0.378. The van der Waals surface area contributed by atoms with Crippen LogP contribution in [0.5, 0.6) is 0 Å². The van der Waals surface area contributed by atoms with Gasteiger partial charge in [0.15, 0.2) is 0 Å². The fourth-order valence-corrected chi connectivity index (χ4v) is 2.89. The molecule has 2 aromatic rings. The molecular weight excluding hydrogens is 270 g/mol. The molecule has 1 aromatic carbocycles. The smallest absolute Gasteiger partial charge is 0.0477 e. The Hall–Kier alpha value is -1.42. The molecule has 0 radical (unpaired) electrons. The maximum atomic E-state index is 6.28. The molecule has 0 aliphatic carbocycles. The quantitative estimate of drug-likeness (QED) is 0.941. The van der Waals surface area contributed by atoms with Crippen LogP contribution in [0.4, 0.5) is 0 Å². The largest absolute Gasteiger partial charge is 0.314 e. The fraction of sp³-hybridized carbons (Fsp3) is 0.312. The first-order valence-electron chi connectivity index (χ1n) is 6.92. The summed E-state index contributed by atoms with van der Waals surface area (Å²) in [5, 5.41) is 4.32. The lowest BCUT2D eigenvalue weighted by molar-refractivity contribution is 0.153. The van der Waals surface area contributed by atoms with E-state index in [0.29, 0.717) is 6.04 Å². The third-order valence-electron chi connectivity index (χ3n) is 3.78. The van der Waals surface area contributed by atoms with Crippen LogP contribution in [0.25, 0.3) is 0 Å². The van der Waals surface area contributed by atoms with Crippen molar-refractivity contribution in [3.05, 3.63) is 64.9 Å². The van der Waals surface area contributed by atoms with Gasteiger partial charge in [-0.1, -0.05) is 29.8 Å². The molecule has 1 atom stereocenters. The van der Waals surface area contributed by atoms with Crippen molar-refractivity contribution in [2.45, 2.75) is 12.6 Å². The molecule has 1 aliphatic rings. The number of hydrogen-bond acceptors (Lipinski definition) is 3. The highest BCUT2D eigenvalue weighted by molar-refractivity contribution is 6.31. The summed E-state index contributed by atoms with van der Waals surface area (Å²) < 4.78 is 0. The highest BCUT2D eigenvalue weighted by Crippen LogP contribution is 2.25. The first-order chi connectivity index (χ1) is 9.84. The number of hydrogen-bond donors (Lipinski definition) is 1. The molecule has 2 heterocycles. The minimum atomic E-state index is 0.378. The Morgan fingerprint density at radius 2 is 2.00 bits per heavy atom. The first kappa shape index (κ1) is 13.6. The van der Waals surface area contributed by atoms with E-state index >= 15 is 0 Å². The van der Waals surface area contributed by atoms with Crippen LogP contribution in [0.1, 0.15) is 17.2 Å². The van der Waals surface area contributed by atoms with E-state index in [1.165, 1.54) is 11.1 Å². The van der Waals surface area contributed by atoms with Crippen molar-refractivity contribution in [2.24, 2.45) is 0 Å². The Bertz CT molecular complexity index is 559. The zero-order valence-electron chi connectivity index (χ0n) is 11.3. The van der Waals surface area contributed by atoms with Crippen molar-refractivity contribution in [1.29, 1.82) is 0 Å². The molecule has 4 heteroatoms. The average molecular weight is 288 g/mol. The van der Waals surface area contributed by atoms with Gasteiger partial charge < -0.3 is 5.32 Å². The zero-order chi connectivity index (χ0) is 13.8. The summed E-state index contributed by atoms with van der Waals surface area (Å²) in [7, 11) is 0. The average Bonchev–Trinajstić information content (AvgIpc) is 2.51. The van der Waals surface area contributed by atoms with Gasteiger partial charge in [-0.25, -0.2) is 0 Å². The Balaban J connectivity index is 1.81. The maximum absolute atomic E-state index is 6.28. The van der Waals surface area contributed by atoms with Crippen LogP contribution >= 0.6 is 11.6 Å². The number of aromatic nitrogens is 1. The van der Waals surface area contributed by atoms with Crippen LogP contribution < -0.4 is 5.32 Å². The van der Waals surface area contributed by atoms with E-state index in [0.717, 1.165) is 31.2 Å². The molecule has 1 aromatic heterocycles. The Morgan fingerprint density at radius 1 is 1.20 bits per heavy atom. The van der Waals surface area contributed by atoms with Gasteiger partial charge in [0.1, 0.15) is 0 Å². The molecule has 1 aliphatic heterocycles. The molecule has 1 saturated heterocycles. The third-order valence-corrected chi connectivity index (χ3v) is 4.15. The van der Waals surface area contributed by atoms with E-state index in [9.17, 15) is 0 Å². The molecule has 3 nitrogen and oxygen atoms in total. The minimum Gasteiger partial charge on any atom is -0.314 e. The normalized spacial score (nSPS) is 19.9. The van der Waals surface area contributed by atoms with Gasteiger partial charge in [0, 0.05) is 49.6 Å². The van der Waals surface area contributed by atoms with E-state index in [2.05, 4.69) is 33.4 Å². The molecule has 104 valence electrons. The summed E-state index contributed by atoms with van der Waals surface area (Å²) in [4.78, 5) is 6.58. The second-order valence-electron chi connectivity index (χ2n) is 5.06. The number of halogens is 1. The molecule has 3 rings (SSSR count).